The summed E-state index contributed by atoms with van der Waals surface area (Å²) in [7, 11) is -0.866. The number of benzene rings is 1. The molecule has 1 aromatic carbocycles. The zero-order valence-electron chi connectivity index (χ0n) is 12.1. The van der Waals surface area contributed by atoms with E-state index in [1.54, 1.807) is 17.6 Å². The van der Waals surface area contributed by atoms with Crippen LogP contribution < -0.4 is 5.32 Å². The van der Waals surface area contributed by atoms with Gasteiger partial charge in [-0.25, -0.2) is 4.98 Å². The molecule has 0 spiro atoms. The second kappa shape index (κ2) is 6.85. The summed E-state index contributed by atoms with van der Waals surface area (Å²) < 4.78 is 11.4. The standard InChI is InChI=1S/C15H16N4OS2/c1-22(20)10-11-5-2-3-6-12(11)16-9-14-17-15(19-18-14)13-7-4-8-21-13/h2-8,16H,9-10H2,1H3,(H,17,18,19). The molecule has 2 N–H and O–H groups in total. The molecule has 1 atom stereocenters. The highest BCUT2D eigenvalue weighted by atomic mass is 32.2. The highest BCUT2D eigenvalue weighted by Crippen LogP contribution is 2.21. The van der Waals surface area contributed by atoms with E-state index < -0.39 is 10.8 Å². The third kappa shape index (κ3) is 3.61. The van der Waals surface area contributed by atoms with Crippen molar-refractivity contribution in [3.63, 3.8) is 0 Å². The molecule has 3 aromatic rings. The van der Waals surface area contributed by atoms with E-state index in [2.05, 4.69) is 20.5 Å². The van der Waals surface area contributed by atoms with E-state index in [0.717, 1.165) is 27.8 Å². The molecule has 1 unspecified atom stereocenters. The minimum Gasteiger partial charge on any atom is -0.378 e. The SMILES string of the molecule is CS(=O)Cc1ccccc1NCc1nc(-c2cccs2)n[nH]1. The number of aromatic amines is 1. The fraction of sp³-hybridized carbons (Fsp3) is 0.200. The van der Waals surface area contributed by atoms with Crippen molar-refractivity contribution in [2.75, 3.05) is 11.6 Å². The highest BCUT2D eigenvalue weighted by Gasteiger charge is 2.08. The molecule has 2 aromatic heterocycles. The molecule has 114 valence electrons. The largest absolute Gasteiger partial charge is 0.378 e. The van der Waals surface area contributed by atoms with Gasteiger partial charge in [0.25, 0.3) is 0 Å². The average Bonchev–Trinajstić information content (AvgIpc) is 3.17. The van der Waals surface area contributed by atoms with Crippen LogP contribution in [0.25, 0.3) is 10.7 Å². The Kier molecular flexibility index (Phi) is 4.65. The number of nitrogens with zero attached hydrogens (tertiary/aromatic N) is 2. The predicted molar refractivity (Wildman–Crippen MR) is 91.2 cm³/mol. The Hall–Kier alpha value is -1.99. The number of H-pyrrole nitrogens is 1. The quantitative estimate of drug-likeness (QED) is 0.728. The van der Waals surface area contributed by atoms with Crippen LogP contribution in [-0.4, -0.2) is 25.6 Å². The molecule has 0 bridgehead atoms. The molecule has 0 saturated carbocycles. The first-order chi connectivity index (χ1) is 10.7. The van der Waals surface area contributed by atoms with Gasteiger partial charge in [0.15, 0.2) is 5.82 Å². The smallest absolute Gasteiger partial charge is 0.191 e. The first-order valence-electron chi connectivity index (χ1n) is 6.79. The van der Waals surface area contributed by atoms with Crippen LogP contribution in [-0.2, 0) is 23.1 Å². The molecular weight excluding hydrogens is 316 g/mol. The zero-order chi connectivity index (χ0) is 15.4. The van der Waals surface area contributed by atoms with Gasteiger partial charge in [0.2, 0.25) is 0 Å². The Bertz CT molecular complexity index is 767. The van der Waals surface area contributed by atoms with Crippen LogP contribution in [0.2, 0.25) is 0 Å². The lowest BCUT2D eigenvalue weighted by Gasteiger charge is -2.09. The molecule has 5 nitrogen and oxygen atoms in total. The lowest BCUT2D eigenvalue weighted by atomic mass is 10.2. The topological polar surface area (TPSA) is 70.7 Å². The van der Waals surface area contributed by atoms with E-state index in [4.69, 9.17) is 0 Å². The van der Waals surface area contributed by atoms with Gasteiger partial charge in [0.05, 0.1) is 17.2 Å². The molecule has 22 heavy (non-hydrogen) atoms. The number of para-hydroxylation sites is 1. The van der Waals surface area contributed by atoms with Crippen LogP contribution in [0.3, 0.4) is 0 Å². The van der Waals surface area contributed by atoms with Gasteiger partial charge in [-0.05, 0) is 23.1 Å². The molecule has 7 heteroatoms. The number of hydrogen-bond donors (Lipinski definition) is 2. The number of anilines is 1. The van der Waals surface area contributed by atoms with Gasteiger partial charge >= 0.3 is 0 Å². The van der Waals surface area contributed by atoms with Crippen molar-refractivity contribution < 1.29 is 4.21 Å². The Morgan fingerprint density at radius 1 is 1.27 bits per heavy atom. The van der Waals surface area contributed by atoms with Crippen molar-refractivity contribution in [1.82, 2.24) is 15.2 Å². The fourth-order valence-corrected chi connectivity index (χ4v) is 3.45. The predicted octanol–water partition coefficient (Wildman–Crippen LogP) is 3.02. The third-order valence-electron chi connectivity index (χ3n) is 3.10. The normalized spacial score (nSPS) is 12.2. The van der Waals surface area contributed by atoms with Gasteiger partial charge in [-0.2, -0.15) is 5.10 Å². The van der Waals surface area contributed by atoms with Crippen molar-refractivity contribution in [3.8, 4) is 10.7 Å². The molecule has 0 aliphatic heterocycles. The van der Waals surface area contributed by atoms with Crippen molar-refractivity contribution in [3.05, 3.63) is 53.2 Å². The van der Waals surface area contributed by atoms with Gasteiger partial charge < -0.3 is 5.32 Å². The number of nitrogens with one attached hydrogen (secondary N) is 2. The molecule has 0 amide bonds. The summed E-state index contributed by atoms with van der Waals surface area (Å²) >= 11 is 1.61. The van der Waals surface area contributed by atoms with Crippen molar-refractivity contribution >= 4 is 27.8 Å². The molecule has 0 aliphatic rings. The Labute approximate surface area is 135 Å². The lowest BCUT2D eigenvalue weighted by Crippen LogP contribution is -2.05. The van der Waals surface area contributed by atoms with Crippen LogP contribution in [0.5, 0.6) is 0 Å². The summed E-state index contributed by atoms with van der Waals surface area (Å²) in [5, 5.41) is 12.5. The second-order valence-corrected chi connectivity index (χ2v) is 7.19. The van der Waals surface area contributed by atoms with Crippen LogP contribution in [0.1, 0.15) is 11.4 Å². The lowest BCUT2D eigenvalue weighted by molar-refractivity contribution is 0.686. The van der Waals surface area contributed by atoms with E-state index in [0.29, 0.717) is 12.3 Å². The van der Waals surface area contributed by atoms with E-state index >= 15 is 0 Å². The molecule has 0 fully saturated rings. The summed E-state index contributed by atoms with van der Waals surface area (Å²) in [6.07, 6.45) is 1.71. The number of hydrogen-bond acceptors (Lipinski definition) is 5. The van der Waals surface area contributed by atoms with E-state index in [9.17, 15) is 4.21 Å². The minimum atomic E-state index is -0.866. The van der Waals surface area contributed by atoms with Gasteiger partial charge in [0.1, 0.15) is 5.82 Å². The molecule has 2 heterocycles. The van der Waals surface area contributed by atoms with Gasteiger partial charge in [-0.3, -0.25) is 9.31 Å². The van der Waals surface area contributed by atoms with E-state index in [-0.39, 0.29) is 0 Å². The van der Waals surface area contributed by atoms with Gasteiger partial charge in [-0.15, -0.1) is 11.3 Å². The van der Waals surface area contributed by atoms with Crippen LogP contribution in [0.4, 0.5) is 5.69 Å². The van der Waals surface area contributed by atoms with Crippen LogP contribution in [0.15, 0.2) is 41.8 Å². The summed E-state index contributed by atoms with van der Waals surface area (Å²) in [4.78, 5) is 5.53. The Morgan fingerprint density at radius 2 is 2.14 bits per heavy atom. The summed E-state index contributed by atoms with van der Waals surface area (Å²) in [6.45, 7) is 0.547. The van der Waals surface area contributed by atoms with Crippen LogP contribution >= 0.6 is 11.3 Å². The van der Waals surface area contributed by atoms with Crippen molar-refractivity contribution in [2.24, 2.45) is 0 Å². The first-order valence-corrected chi connectivity index (χ1v) is 9.40. The van der Waals surface area contributed by atoms with Crippen molar-refractivity contribution in [1.29, 1.82) is 0 Å². The highest BCUT2D eigenvalue weighted by molar-refractivity contribution is 7.83. The molecule has 0 aliphatic carbocycles. The summed E-state index contributed by atoms with van der Waals surface area (Å²) in [5.41, 5.74) is 2.02. The maximum Gasteiger partial charge on any atom is 0.191 e. The minimum absolute atomic E-state index is 0.542. The summed E-state index contributed by atoms with van der Waals surface area (Å²) in [6, 6.07) is 11.9. The fourth-order valence-electron chi connectivity index (χ4n) is 2.11. The third-order valence-corrected chi connectivity index (χ3v) is 4.68. The second-order valence-electron chi connectivity index (χ2n) is 4.81. The van der Waals surface area contributed by atoms with Gasteiger partial charge in [0, 0.05) is 22.7 Å². The Balaban J connectivity index is 1.69. The van der Waals surface area contributed by atoms with E-state index in [1.165, 1.54) is 0 Å². The van der Waals surface area contributed by atoms with E-state index in [1.807, 2.05) is 41.8 Å². The molecular formula is C15H16N4OS2. The molecule has 0 radical (unpaired) electrons. The number of rotatable bonds is 6. The summed E-state index contributed by atoms with van der Waals surface area (Å²) in [5.74, 6) is 2.03. The first kappa shape index (κ1) is 14.9. The monoisotopic (exact) mass is 332 g/mol. The Morgan fingerprint density at radius 3 is 2.91 bits per heavy atom. The maximum atomic E-state index is 11.4. The zero-order valence-corrected chi connectivity index (χ0v) is 13.7. The van der Waals surface area contributed by atoms with Crippen LogP contribution in [0, 0.1) is 0 Å². The average molecular weight is 332 g/mol. The van der Waals surface area contributed by atoms with Crippen molar-refractivity contribution in [2.45, 2.75) is 12.3 Å². The molecule has 0 saturated heterocycles. The van der Waals surface area contributed by atoms with Gasteiger partial charge in [-0.1, -0.05) is 24.3 Å². The molecule has 3 rings (SSSR count). The number of thiophene rings is 1. The maximum absolute atomic E-state index is 11.4. The number of aromatic nitrogens is 3.